The molecule has 0 fully saturated rings. The zero-order valence-corrected chi connectivity index (χ0v) is 11.3. The Morgan fingerprint density at radius 2 is 2.22 bits per heavy atom. The van der Waals surface area contributed by atoms with E-state index in [0.29, 0.717) is 31.7 Å². The summed E-state index contributed by atoms with van der Waals surface area (Å²) in [5.41, 5.74) is 7.55. The van der Waals surface area contributed by atoms with Crippen LogP contribution < -0.4 is 11.1 Å². The molecule has 0 atom stereocenters. The summed E-state index contributed by atoms with van der Waals surface area (Å²) in [5, 5.41) is 7.51. The minimum atomic E-state index is -0.161. The number of carbonyl (C=O) groups is 1. The first kappa shape index (κ1) is 14.3. The first-order chi connectivity index (χ1) is 8.60. The fourth-order valence-corrected chi connectivity index (χ4v) is 1.74. The van der Waals surface area contributed by atoms with E-state index in [0.717, 1.165) is 17.9 Å². The Labute approximate surface area is 107 Å². The standard InChI is InChI=1S/C12H22N4O2/c1-4-9-11(13)12(16(3)15-9)14-8-6-7-10(17)18-5-2/h14H,4-8,13H2,1-3H3. The van der Waals surface area contributed by atoms with E-state index in [1.54, 1.807) is 11.6 Å². The van der Waals surface area contributed by atoms with Gasteiger partial charge >= 0.3 is 5.97 Å². The van der Waals surface area contributed by atoms with Gasteiger partial charge in [-0.1, -0.05) is 6.92 Å². The van der Waals surface area contributed by atoms with E-state index in [1.165, 1.54) is 0 Å². The van der Waals surface area contributed by atoms with E-state index in [9.17, 15) is 4.79 Å². The van der Waals surface area contributed by atoms with E-state index in [-0.39, 0.29) is 5.97 Å². The van der Waals surface area contributed by atoms with Crippen LogP contribution in [0.15, 0.2) is 0 Å². The molecular formula is C12H22N4O2. The Hall–Kier alpha value is -1.72. The summed E-state index contributed by atoms with van der Waals surface area (Å²) in [6.07, 6.45) is 1.94. The zero-order chi connectivity index (χ0) is 13.5. The molecule has 1 heterocycles. The van der Waals surface area contributed by atoms with E-state index in [1.807, 2.05) is 14.0 Å². The van der Waals surface area contributed by atoms with Crippen molar-refractivity contribution < 1.29 is 9.53 Å². The van der Waals surface area contributed by atoms with Gasteiger partial charge in [0.15, 0.2) is 0 Å². The molecule has 3 N–H and O–H groups in total. The van der Waals surface area contributed by atoms with Crippen LogP contribution in [0, 0.1) is 0 Å². The molecule has 1 aromatic heterocycles. The van der Waals surface area contributed by atoms with Crippen molar-refractivity contribution >= 4 is 17.5 Å². The second kappa shape index (κ2) is 6.88. The maximum atomic E-state index is 11.1. The van der Waals surface area contributed by atoms with Crippen molar-refractivity contribution in [1.82, 2.24) is 9.78 Å². The SMILES string of the molecule is CCOC(=O)CCCNc1c(N)c(CC)nn1C. The van der Waals surface area contributed by atoms with Gasteiger partial charge in [-0.05, 0) is 19.8 Å². The second-order valence-corrected chi connectivity index (χ2v) is 4.02. The number of nitrogens with one attached hydrogen (secondary N) is 1. The number of nitrogens with zero attached hydrogens (tertiary/aromatic N) is 2. The quantitative estimate of drug-likeness (QED) is 0.566. The van der Waals surface area contributed by atoms with Crippen molar-refractivity contribution in [3.8, 4) is 0 Å². The van der Waals surface area contributed by atoms with Gasteiger partial charge < -0.3 is 15.8 Å². The molecule has 0 bridgehead atoms. The highest BCUT2D eigenvalue weighted by Crippen LogP contribution is 2.22. The third-order valence-corrected chi connectivity index (χ3v) is 2.65. The summed E-state index contributed by atoms with van der Waals surface area (Å²) >= 11 is 0. The predicted octanol–water partition coefficient (Wildman–Crippen LogP) is 1.32. The minimum absolute atomic E-state index is 0.161. The lowest BCUT2D eigenvalue weighted by Gasteiger charge is -2.07. The maximum Gasteiger partial charge on any atom is 0.305 e. The second-order valence-electron chi connectivity index (χ2n) is 4.02. The van der Waals surface area contributed by atoms with Crippen molar-refractivity contribution in [1.29, 1.82) is 0 Å². The molecule has 0 aliphatic carbocycles. The predicted molar refractivity (Wildman–Crippen MR) is 71.4 cm³/mol. The lowest BCUT2D eigenvalue weighted by Crippen LogP contribution is -2.11. The smallest absolute Gasteiger partial charge is 0.305 e. The van der Waals surface area contributed by atoms with Crippen molar-refractivity contribution in [2.24, 2.45) is 7.05 Å². The Balaban J connectivity index is 2.40. The minimum Gasteiger partial charge on any atom is -0.466 e. The highest BCUT2D eigenvalue weighted by Gasteiger charge is 2.11. The number of rotatable bonds is 7. The molecule has 0 unspecified atom stereocenters. The topological polar surface area (TPSA) is 82.2 Å². The Kier molecular flexibility index (Phi) is 5.48. The third kappa shape index (κ3) is 3.65. The summed E-state index contributed by atoms with van der Waals surface area (Å²) in [4.78, 5) is 11.1. The average Bonchev–Trinajstić information content (AvgIpc) is 2.61. The normalized spacial score (nSPS) is 10.4. The van der Waals surface area contributed by atoms with Crippen LogP contribution in [0.25, 0.3) is 0 Å². The summed E-state index contributed by atoms with van der Waals surface area (Å²) in [7, 11) is 1.85. The number of anilines is 2. The van der Waals surface area contributed by atoms with Crippen LogP contribution in [0.4, 0.5) is 11.5 Å². The number of esters is 1. The molecule has 1 aromatic rings. The number of ether oxygens (including phenoxy) is 1. The van der Waals surface area contributed by atoms with Crippen molar-refractivity contribution in [2.45, 2.75) is 33.1 Å². The van der Waals surface area contributed by atoms with Crippen LogP contribution in [-0.4, -0.2) is 28.9 Å². The van der Waals surface area contributed by atoms with Gasteiger partial charge in [0.2, 0.25) is 0 Å². The Morgan fingerprint density at radius 3 is 2.78 bits per heavy atom. The number of aromatic nitrogens is 2. The Morgan fingerprint density at radius 1 is 1.50 bits per heavy atom. The van der Waals surface area contributed by atoms with E-state index in [4.69, 9.17) is 10.5 Å². The fraction of sp³-hybridized carbons (Fsp3) is 0.667. The van der Waals surface area contributed by atoms with Gasteiger partial charge in [-0.2, -0.15) is 5.10 Å². The summed E-state index contributed by atoms with van der Waals surface area (Å²) in [5.74, 6) is 0.655. The van der Waals surface area contributed by atoms with Crippen LogP contribution in [0.1, 0.15) is 32.4 Å². The molecule has 102 valence electrons. The van der Waals surface area contributed by atoms with Crippen LogP contribution in [0.2, 0.25) is 0 Å². The van der Waals surface area contributed by atoms with Gasteiger partial charge in [0.25, 0.3) is 0 Å². The molecule has 6 nitrogen and oxygen atoms in total. The molecule has 0 aliphatic rings. The number of hydrogen-bond acceptors (Lipinski definition) is 5. The lowest BCUT2D eigenvalue weighted by molar-refractivity contribution is -0.143. The molecule has 0 amide bonds. The van der Waals surface area contributed by atoms with Crippen LogP contribution in [0.3, 0.4) is 0 Å². The molecule has 0 radical (unpaired) electrons. The Bertz CT molecular complexity index is 401. The van der Waals surface area contributed by atoms with Gasteiger partial charge in [-0.15, -0.1) is 0 Å². The lowest BCUT2D eigenvalue weighted by atomic mass is 10.3. The summed E-state index contributed by atoms with van der Waals surface area (Å²) in [6, 6.07) is 0. The van der Waals surface area contributed by atoms with E-state index in [2.05, 4.69) is 10.4 Å². The van der Waals surface area contributed by atoms with Gasteiger partial charge in [-0.25, -0.2) is 0 Å². The molecule has 0 spiro atoms. The number of nitrogens with two attached hydrogens (primary N) is 1. The van der Waals surface area contributed by atoms with Gasteiger partial charge in [0, 0.05) is 20.0 Å². The number of carbonyl (C=O) groups excluding carboxylic acids is 1. The number of nitrogen functional groups attached to an aromatic ring is 1. The molecule has 0 aliphatic heterocycles. The number of hydrogen-bond donors (Lipinski definition) is 2. The number of aryl methyl sites for hydroxylation is 2. The third-order valence-electron chi connectivity index (χ3n) is 2.65. The average molecular weight is 254 g/mol. The largest absolute Gasteiger partial charge is 0.466 e. The molecular weight excluding hydrogens is 232 g/mol. The van der Waals surface area contributed by atoms with Crippen molar-refractivity contribution in [3.63, 3.8) is 0 Å². The summed E-state index contributed by atoms with van der Waals surface area (Å²) in [6.45, 7) is 4.93. The van der Waals surface area contributed by atoms with Crippen LogP contribution in [-0.2, 0) is 23.0 Å². The summed E-state index contributed by atoms with van der Waals surface area (Å²) < 4.78 is 6.59. The first-order valence-electron chi connectivity index (χ1n) is 6.30. The first-order valence-corrected chi connectivity index (χ1v) is 6.30. The molecule has 0 aromatic carbocycles. The van der Waals surface area contributed by atoms with E-state index < -0.39 is 0 Å². The van der Waals surface area contributed by atoms with Gasteiger partial charge in [0.05, 0.1) is 18.0 Å². The molecule has 6 heteroatoms. The molecule has 0 saturated carbocycles. The van der Waals surface area contributed by atoms with Crippen LogP contribution in [0.5, 0.6) is 0 Å². The zero-order valence-electron chi connectivity index (χ0n) is 11.3. The van der Waals surface area contributed by atoms with E-state index >= 15 is 0 Å². The van der Waals surface area contributed by atoms with Crippen molar-refractivity contribution in [3.05, 3.63) is 5.69 Å². The molecule has 18 heavy (non-hydrogen) atoms. The fourth-order valence-electron chi connectivity index (χ4n) is 1.74. The molecule has 1 rings (SSSR count). The highest BCUT2D eigenvalue weighted by atomic mass is 16.5. The molecule has 0 saturated heterocycles. The van der Waals surface area contributed by atoms with Crippen molar-refractivity contribution in [2.75, 3.05) is 24.2 Å². The van der Waals surface area contributed by atoms with Gasteiger partial charge in [-0.3, -0.25) is 9.48 Å². The van der Waals surface area contributed by atoms with Crippen LogP contribution >= 0.6 is 0 Å². The van der Waals surface area contributed by atoms with Gasteiger partial charge in [0.1, 0.15) is 5.82 Å². The maximum absolute atomic E-state index is 11.1. The monoisotopic (exact) mass is 254 g/mol. The highest BCUT2D eigenvalue weighted by molar-refractivity contribution is 5.69.